The van der Waals surface area contributed by atoms with Crippen molar-refractivity contribution in [1.82, 2.24) is 5.32 Å². The number of amides is 2. The number of ether oxygens (including phenoxy) is 1. The van der Waals surface area contributed by atoms with Gasteiger partial charge in [-0.1, -0.05) is 24.6 Å². The first-order valence-electron chi connectivity index (χ1n) is 7.58. The predicted molar refractivity (Wildman–Crippen MR) is 95.0 cm³/mol. The number of benzene rings is 2. The molecule has 0 aliphatic carbocycles. The summed E-state index contributed by atoms with van der Waals surface area (Å²) in [5, 5.41) is 5.99. The monoisotopic (exact) mass is 346 g/mol. The van der Waals surface area contributed by atoms with Crippen molar-refractivity contribution < 1.29 is 14.3 Å². The Balaban J connectivity index is 2.18. The Hall–Kier alpha value is -2.53. The lowest BCUT2D eigenvalue weighted by Crippen LogP contribution is -2.24. The highest BCUT2D eigenvalue weighted by atomic mass is 35.5. The maximum atomic E-state index is 12.4. The molecule has 0 saturated heterocycles. The van der Waals surface area contributed by atoms with Crippen LogP contribution >= 0.6 is 11.6 Å². The Morgan fingerprint density at radius 1 is 1.12 bits per heavy atom. The molecule has 0 aromatic heterocycles. The number of carbonyl (C=O) groups is 2. The number of hydrogen-bond donors (Lipinski definition) is 2. The second-order valence-electron chi connectivity index (χ2n) is 5.14. The third kappa shape index (κ3) is 4.49. The van der Waals surface area contributed by atoms with Crippen LogP contribution in [0.2, 0.25) is 5.02 Å². The topological polar surface area (TPSA) is 67.4 Å². The van der Waals surface area contributed by atoms with Gasteiger partial charge in [0.05, 0.1) is 12.7 Å². The highest BCUT2D eigenvalue weighted by molar-refractivity contribution is 6.31. The predicted octanol–water partition coefficient (Wildman–Crippen LogP) is 3.74. The Labute approximate surface area is 146 Å². The molecular weight excluding hydrogens is 328 g/mol. The van der Waals surface area contributed by atoms with E-state index in [4.69, 9.17) is 16.3 Å². The van der Waals surface area contributed by atoms with Crippen LogP contribution in [0.25, 0.3) is 0 Å². The van der Waals surface area contributed by atoms with Gasteiger partial charge in [0.2, 0.25) is 0 Å². The van der Waals surface area contributed by atoms with Gasteiger partial charge < -0.3 is 15.4 Å². The van der Waals surface area contributed by atoms with Crippen molar-refractivity contribution in [3.8, 4) is 5.75 Å². The average Bonchev–Trinajstić information content (AvgIpc) is 2.59. The summed E-state index contributed by atoms with van der Waals surface area (Å²) in [6, 6.07) is 11.6. The molecule has 0 fully saturated rings. The zero-order valence-electron chi connectivity index (χ0n) is 13.6. The molecule has 2 amide bonds. The van der Waals surface area contributed by atoms with Crippen molar-refractivity contribution in [3.63, 3.8) is 0 Å². The highest BCUT2D eigenvalue weighted by Crippen LogP contribution is 2.24. The normalized spacial score (nSPS) is 10.1. The minimum Gasteiger partial charge on any atom is -0.496 e. The van der Waals surface area contributed by atoms with E-state index in [-0.39, 0.29) is 11.8 Å². The summed E-state index contributed by atoms with van der Waals surface area (Å²) in [4.78, 5) is 24.4. The van der Waals surface area contributed by atoms with Gasteiger partial charge in [-0.05, 0) is 42.8 Å². The Morgan fingerprint density at radius 3 is 2.62 bits per heavy atom. The largest absolute Gasteiger partial charge is 0.496 e. The molecule has 0 aliphatic heterocycles. The third-order valence-electron chi connectivity index (χ3n) is 3.32. The summed E-state index contributed by atoms with van der Waals surface area (Å²) in [5.74, 6) is -0.109. The first-order chi connectivity index (χ1) is 11.5. The van der Waals surface area contributed by atoms with Crippen molar-refractivity contribution in [2.75, 3.05) is 19.0 Å². The van der Waals surface area contributed by atoms with Crippen LogP contribution in [0.1, 0.15) is 34.1 Å². The Kier molecular flexibility index (Phi) is 6.21. The molecule has 0 heterocycles. The lowest BCUT2D eigenvalue weighted by molar-refractivity contribution is 0.0952. The maximum Gasteiger partial charge on any atom is 0.259 e. The fraction of sp³-hybridized carbons (Fsp3) is 0.222. The van der Waals surface area contributed by atoms with Gasteiger partial charge in [-0.15, -0.1) is 0 Å². The summed E-state index contributed by atoms with van der Waals surface area (Å²) in [5.41, 5.74) is 1.33. The van der Waals surface area contributed by atoms with Crippen molar-refractivity contribution in [1.29, 1.82) is 0 Å². The Morgan fingerprint density at radius 2 is 1.92 bits per heavy atom. The quantitative estimate of drug-likeness (QED) is 0.837. The minimum absolute atomic E-state index is 0.173. The first kappa shape index (κ1) is 17.8. The number of methoxy groups -OCH3 is 1. The lowest BCUT2D eigenvalue weighted by atomic mass is 10.1. The second-order valence-corrected chi connectivity index (χ2v) is 5.57. The summed E-state index contributed by atoms with van der Waals surface area (Å²) in [6.45, 7) is 2.59. The van der Waals surface area contributed by atoms with Crippen molar-refractivity contribution in [3.05, 3.63) is 58.6 Å². The summed E-state index contributed by atoms with van der Waals surface area (Å²) in [7, 11) is 1.48. The molecule has 0 spiro atoms. The molecule has 2 aromatic rings. The summed E-state index contributed by atoms with van der Waals surface area (Å²) in [6.07, 6.45) is 0.858. The standard InChI is InChI=1S/C18H19ClN2O3/c1-3-9-20-17(22)12-5-4-6-14(10-12)21-18(23)15-11-13(19)7-8-16(15)24-2/h4-8,10-11H,3,9H2,1-2H3,(H,20,22)(H,21,23). The number of anilines is 1. The lowest BCUT2D eigenvalue weighted by Gasteiger charge is -2.11. The number of carbonyl (C=O) groups excluding carboxylic acids is 2. The number of halogens is 1. The van der Waals surface area contributed by atoms with Crippen LogP contribution in [0, 0.1) is 0 Å². The zero-order chi connectivity index (χ0) is 17.5. The number of rotatable bonds is 6. The zero-order valence-corrected chi connectivity index (χ0v) is 14.3. The van der Waals surface area contributed by atoms with Gasteiger partial charge in [0.25, 0.3) is 11.8 Å². The molecule has 0 radical (unpaired) electrons. The van der Waals surface area contributed by atoms with E-state index in [1.54, 1.807) is 36.4 Å². The van der Waals surface area contributed by atoms with E-state index in [0.717, 1.165) is 6.42 Å². The van der Waals surface area contributed by atoms with Crippen LogP contribution in [0.5, 0.6) is 5.75 Å². The number of nitrogens with one attached hydrogen (secondary N) is 2. The van der Waals surface area contributed by atoms with E-state index in [0.29, 0.717) is 34.1 Å². The van der Waals surface area contributed by atoms with Crippen molar-refractivity contribution >= 4 is 29.1 Å². The molecule has 126 valence electrons. The van der Waals surface area contributed by atoms with Gasteiger partial charge in [0, 0.05) is 22.8 Å². The van der Waals surface area contributed by atoms with Crippen LogP contribution in [0.4, 0.5) is 5.69 Å². The van der Waals surface area contributed by atoms with Crippen LogP contribution < -0.4 is 15.4 Å². The molecule has 5 nitrogen and oxygen atoms in total. The van der Waals surface area contributed by atoms with E-state index < -0.39 is 0 Å². The van der Waals surface area contributed by atoms with Crippen molar-refractivity contribution in [2.45, 2.75) is 13.3 Å². The molecule has 0 unspecified atom stereocenters. The summed E-state index contributed by atoms with van der Waals surface area (Å²) < 4.78 is 5.18. The van der Waals surface area contributed by atoms with Gasteiger partial charge in [0.1, 0.15) is 5.75 Å². The SMILES string of the molecule is CCCNC(=O)c1cccc(NC(=O)c2cc(Cl)ccc2OC)c1. The molecule has 0 bridgehead atoms. The molecule has 6 heteroatoms. The van der Waals surface area contributed by atoms with E-state index >= 15 is 0 Å². The van der Waals surface area contributed by atoms with E-state index in [1.807, 2.05) is 6.92 Å². The molecule has 0 atom stereocenters. The second kappa shape index (κ2) is 8.36. The fourth-order valence-electron chi connectivity index (χ4n) is 2.13. The van der Waals surface area contributed by atoms with Crippen LogP contribution in [-0.2, 0) is 0 Å². The molecule has 0 aliphatic rings. The van der Waals surface area contributed by atoms with Gasteiger partial charge in [0.15, 0.2) is 0 Å². The third-order valence-corrected chi connectivity index (χ3v) is 3.56. The van der Waals surface area contributed by atoms with Gasteiger partial charge >= 0.3 is 0 Å². The summed E-state index contributed by atoms with van der Waals surface area (Å²) >= 11 is 5.95. The highest BCUT2D eigenvalue weighted by Gasteiger charge is 2.14. The fourth-order valence-corrected chi connectivity index (χ4v) is 2.31. The molecule has 2 rings (SSSR count). The van der Waals surface area contributed by atoms with E-state index in [1.165, 1.54) is 13.2 Å². The van der Waals surface area contributed by atoms with E-state index in [9.17, 15) is 9.59 Å². The van der Waals surface area contributed by atoms with Gasteiger partial charge in [-0.25, -0.2) is 0 Å². The van der Waals surface area contributed by atoms with Crippen LogP contribution in [0.15, 0.2) is 42.5 Å². The van der Waals surface area contributed by atoms with Gasteiger partial charge in [-0.2, -0.15) is 0 Å². The maximum absolute atomic E-state index is 12.4. The number of hydrogen-bond acceptors (Lipinski definition) is 3. The molecule has 2 aromatic carbocycles. The Bertz CT molecular complexity index is 747. The molecular formula is C18H19ClN2O3. The van der Waals surface area contributed by atoms with E-state index in [2.05, 4.69) is 10.6 Å². The molecule has 0 saturated carbocycles. The minimum atomic E-state index is -0.361. The van der Waals surface area contributed by atoms with Gasteiger partial charge in [-0.3, -0.25) is 9.59 Å². The van der Waals surface area contributed by atoms with Crippen LogP contribution in [-0.4, -0.2) is 25.5 Å². The van der Waals surface area contributed by atoms with Crippen molar-refractivity contribution in [2.24, 2.45) is 0 Å². The molecule has 24 heavy (non-hydrogen) atoms. The smallest absolute Gasteiger partial charge is 0.259 e. The first-order valence-corrected chi connectivity index (χ1v) is 7.96. The molecule has 2 N–H and O–H groups in total. The average molecular weight is 347 g/mol. The van der Waals surface area contributed by atoms with Crippen LogP contribution in [0.3, 0.4) is 0 Å².